The van der Waals surface area contributed by atoms with Gasteiger partial charge in [0.1, 0.15) is 11.6 Å². The van der Waals surface area contributed by atoms with Crippen molar-refractivity contribution in [2.45, 2.75) is 58.2 Å². The first-order chi connectivity index (χ1) is 10.2. The summed E-state index contributed by atoms with van der Waals surface area (Å²) in [7, 11) is 0. The van der Waals surface area contributed by atoms with Crippen LogP contribution in [-0.4, -0.2) is 20.8 Å². The van der Waals surface area contributed by atoms with E-state index in [1.54, 1.807) is 0 Å². The van der Waals surface area contributed by atoms with Crippen LogP contribution < -0.4 is 5.32 Å². The monoisotopic (exact) mass is 284 g/mol. The molecule has 21 heavy (non-hydrogen) atoms. The van der Waals surface area contributed by atoms with Crippen molar-refractivity contribution in [3.63, 3.8) is 0 Å². The molecule has 0 unspecified atom stereocenters. The van der Waals surface area contributed by atoms with Crippen molar-refractivity contribution in [2.24, 2.45) is 0 Å². The van der Waals surface area contributed by atoms with Crippen LogP contribution in [-0.2, 0) is 6.54 Å². The predicted molar refractivity (Wildman–Crippen MR) is 84.2 cm³/mol. The number of rotatable bonds is 6. The first kappa shape index (κ1) is 14.3. The third-order valence-electron chi connectivity index (χ3n) is 4.51. The molecule has 1 fully saturated rings. The summed E-state index contributed by atoms with van der Waals surface area (Å²) in [6.45, 7) is 7.34. The van der Waals surface area contributed by atoms with Gasteiger partial charge in [-0.3, -0.25) is 0 Å². The number of aromatic nitrogens is 3. The zero-order valence-electron chi connectivity index (χ0n) is 13.1. The molecule has 0 spiro atoms. The fraction of sp³-hybridized carbons (Fsp3) is 0.529. The Morgan fingerprint density at radius 2 is 1.90 bits per heavy atom. The van der Waals surface area contributed by atoms with Gasteiger partial charge in [0, 0.05) is 12.1 Å². The molecule has 4 nitrogen and oxygen atoms in total. The molecule has 1 aliphatic carbocycles. The number of hydrogen-bond acceptors (Lipinski definition) is 3. The number of nitrogens with one attached hydrogen (secondary N) is 1. The van der Waals surface area contributed by atoms with E-state index in [0.29, 0.717) is 18.0 Å². The fourth-order valence-electron chi connectivity index (χ4n) is 2.82. The van der Waals surface area contributed by atoms with Gasteiger partial charge in [0.05, 0.1) is 6.54 Å². The molecule has 1 heterocycles. The second-order valence-electron chi connectivity index (χ2n) is 6.13. The second-order valence-corrected chi connectivity index (χ2v) is 6.13. The zero-order valence-corrected chi connectivity index (χ0v) is 13.1. The van der Waals surface area contributed by atoms with Crippen LogP contribution in [0.25, 0.3) is 0 Å². The smallest absolute Gasteiger partial charge is 0.147 e. The summed E-state index contributed by atoms with van der Waals surface area (Å²) in [6.07, 6.45) is 2.53. The quantitative estimate of drug-likeness (QED) is 0.885. The molecular weight excluding hydrogens is 260 g/mol. The number of aryl methyl sites for hydroxylation is 1. The van der Waals surface area contributed by atoms with Crippen LogP contribution in [0.15, 0.2) is 30.3 Å². The van der Waals surface area contributed by atoms with Crippen LogP contribution in [0, 0.1) is 6.92 Å². The van der Waals surface area contributed by atoms with Gasteiger partial charge < -0.3 is 9.88 Å². The lowest BCUT2D eigenvalue weighted by molar-refractivity contribution is 0.463. The minimum atomic E-state index is 0.400. The minimum Gasteiger partial charge on any atom is -0.311 e. The first-order valence-electron chi connectivity index (χ1n) is 7.85. The highest BCUT2D eigenvalue weighted by Crippen LogP contribution is 2.36. The summed E-state index contributed by atoms with van der Waals surface area (Å²) in [4.78, 5) is 0. The summed E-state index contributed by atoms with van der Waals surface area (Å²) in [5.41, 5.74) is 1.37. The molecule has 2 atom stereocenters. The minimum absolute atomic E-state index is 0.400. The maximum Gasteiger partial charge on any atom is 0.147 e. The molecule has 0 saturated heterocycles. The highest BCUT2D eigenvalue weighted by atomic mass is 15.3. The lowest BCUT2D eigenvalue weighted by Gasteiger charge is -2.21. The molecule has 4 heteroatoms. The topological polar surface area (TPSA) is 42.7 Å². The summed E-state index contributed by atoms with van der Waals surface area (Å²) in [5, 5.41) is 12.2. The Morgan fingerprint density at radius 1 is 1.19 bits per heavy atom. The number of nitrogens with zero attached hydrogens (tertiary/aromatic N) is 3. The molecule has 1 aromatic heterocycles. The van der Waals surface area contributed by atoms with E-state index in [-0.39, 0.29) is 0 Å². The van der Waals surface area contributed by atoms with Crippen LogP contribution >= 0.6 is 0 Å². The first-order valence-corrected chi connectivity index (χ1v) is 7.85. The Hall–Kier alpha value is -1.68. The third-order valence-corrected chi connectivity index (χ3v) is 4.51. The Labute approximate surface area is 126 Å². The zero-order chi connectivity index (χ0) is 14.8. The van der Waals surface area contributed by atoms with Crippen molar-refractivity contribution >= 4 is 0 Å². The maximum absolute atomic E-state index is 4.33. The van der Waals surface area contributed by atoms with Crippen LogP contribution in [0.2, 0.25) is 0 Å². The fourth-order valence-corrected chi connectivity index (χ4v) is 2.82. The van der Waals surface area contributed by atoms with Gasteiger partial charge in [-0.1, -0.05) is 37.3 Å². The van der Waals surface area contributed by atoms with Crippen LogP contribution in [0.5, 0.6) is 0 Å². The van der Waals surface area contributed by atoms with Gasteiger partial charge in [0.15, 0.2) is 0 Å². The van der Waals surface area contributed by atoms with Gasteiger partial charge in [-0.2, -0.15) is 0 Å². The van der Waals surface area contributed by atoms with Crippen LogP contribution in [0.3, 0.4) is 0 Å². The number of benzene rings is 1. The normalized spacial score (nSPS) is 17.7. The van der Waals surface area contributed by atoms with Crippen LogP contribution in [0.1, 0.15) is 55.9 Å². The largest absolute Gasteiger partial charge is 0.311 e. The summed E-state index contributed by atoms with van der Waals surface area (Å²) >= 11 is 0. The standard InChI is InChI=1S/C17H24N4/c1-12(15-7-5-4-6-8-15)13(2)18-11-17-20-19-14(3)21(17)16-9-10-16/h4-8,12-13,16,18H,9-11H2,1-3H3/t12-,13+/m0/s1. The van der Waals surface area contributed by atoms with E-state index in [0.717, 1.165) is 18.2 Å². The molecule has 0 radical (unpaired) electrons. The highest BCUT2D eigenvalue weighted by Gasteiger charge is 2.28. The number of hydrogen-bond donors (Lipinski definition) is 1. The van der Waals surface area contributed by atoms with E-state index in [1.165, 1.54) is 18.4 Å². The Morgan fingerprint density at radius 3 is 2.57 bits per heavy atom. The average molecular weight is 284 g/mol. The van der Waals surface area contributed by atoms with Gasteiger partial charge in [-0.25, -0.2) is 0 Å². The van der Waals surface area contributed by atoms with E-state index in [2.05, 4.69) is 64.3 Å². The van der Waals surface area contributed by atoms with E-state index in [9.17, 15) is 0 Å². The molecule has 3 rings (SSSR count). The summed E-state index contributed by atoms with van der Waals surface area (Å²) in [5.74, 6) is 2.59. The van der Waals surface area contributed by atoms with Crippen molar-refractivity contribution in [1.29, 1.82) is 0 Å². The molecule has 1 aromatic carbocycles. The molecule has 112 valence electrons. The van der Waals surface area contributed by atoms with Crippen molar-refractivity contribution in [1.82, 2.24) is 20.1 Å². The van der Waals surface area contributed by atoms with Crippen molar-refractivity contribution in [3.8, 4) is 0 Å². The maximum atomic E-state index is 4.33. The van der Waals surface area contributed by atoms with Gasteiger partial charge >= 0.3 is 0 Å². The summed E-state index contributed by atoms with van der Waals surface area (Å²) < 4.78 is 2.30. The molecule has 2 aromatic rings. The SMILES string of the molecule is Cc1nnc(CN[C@H](C)[C@H](C)c2ccccc2)n1C1CC1. The van der Waals surface area contributed by atoms with E-state index in [4.69, 9.17) is 0 Å². The van der Waals surface area contributed by atoms with E-state index >= 15 is 0 Å². The van der Waals surface area contributed by atoms with Crippen molar-refractivity contribution < 1.29 is 0 Å². The molecule has 0 aliphatic heterocycles. The Bertz CT molecular complexity index is 586. The molecule has 1 aliphatic rings. The molecule has 0 amide bonds. The van der Waals surface area contributed by atoms with Crippen molar-refractivity contribution in [3.05, 3.63) is 47.5 Å². The van der Waals surface area contributed by atoms with Gasteiger partial charge in [-0.05, 0) is 38.2 Å². The van der Waals surface area contributed by atoms with E-state index in [1.807, 2.05) is 6.92 Å². The summed E-state index contributed by atoms with van der Waals surface area (Å²) in [6, 6.07) is 11.7. The van der Waals surface area contributed by atoms with Crippen molar-refractivity contribution in [2.75, 3.05) is 0 Å². The van der Waals surface area contributed by atoms with Gasteiger partial charge in [-0.15, -0.1) is 10.2 Å². The molecular formula is C17H24N4. The predicted octanol–water partition coefficient (Wildman–Crippen LogP) is 3.20. The van der Waals surface area contributed by atoms with E-state index < -0.39 is 0 Å². The Balaban J connectivity index is 1.62. The average Bonchev–Trinajstić information content (AvgIpc) is 3.28. The third kappa shape index (κ3) is 3.16. The van der Waals surface area contributed by atoms with Gasteiger partial charge in [0.2, 0.25) is 0 Å². The Kier molecular flexibility index (Phi) is 4.06. The van der Waals surface area contributed by atoms with Gasteiger partial charge in [0.25, 0.3) is 0 Å². The molecule has 1 saturated carbocycles. The lowest BCUT2D eigenvalue weighted by atomic mass is 9.94. The lowest BCUT2D eigenvalue weighted by Crippen LogP contribution is -2.31. The highest BCUT2D eigenvalue weighted by molar-refractivity contribution is 5.20. The molecule has 0 bridgehead atoms. The molecule has 1 N–H and O–H groups in total. The van der Waals surface area contributed by atoms with Crippen LogP contribution in [0.4, 0.5) is 0 Å². The second kappa shape index (κ2) is 5.98.